The molecule has 1 aliphatic heterocycles. The Hall–Kier alpha value is -0.0800. The summed E-state index contributed by atoms with van der Waals surface area (Å²) in [6.45, 7) is 12.8. The highest BCUT2D eigenvalue weighted by Gasteiger charge is 2.27. The first kappa shape index (κ1) is 11.0. The summed E-state index contributed by atoms with van der Waals surface area (Å²) in [5.74, 6) is 0. The summed E-state index contributed by atoms with van der Waals surface area (Å²) in [6.07, 6.45) is 2.50. The standard InChI is InChI=1S/C11H24N2/c1-5-11(4)9-13(10(2)3)8-6-7-12-11/h10,12H,5-9H2,1-4H3. The molecule has 1 saturated heterocycles. The van der Waals surface area contributed by atoms with Gasteiger partial charge in [-0.15, -0.1) is 0 Å². The van der Waals surface area contributed by atoms with Crippen molar-refractivity contribution in [2.24, 2.45) is 0 Å². The second-order valence-electron chi connectivity index (χ2n) is 4.76. The molecule has 2 heteroatoms. The molecule has 1 N–H and O–H groups in total. The molecule has 0 spiro atoms. The molecule has 1 aliphatic rings. The fourth-order valence-electron chi connectivity index (χ4n) is 1.93. The Kier molecular flexibility index (Phi) is 3.74. The molecule has 0 radical (unpaired) electrons. The lowest BCUT2D eigenvalue weighted by molar-refractivity contribution is 0.178. The lowest BCUT2D eigenvalue weighted by atomic mass is 9.98. The minimum absolute atomic E-state index is 0.334. The van der Waals surface area contributed by atoms with E-state index in [0.717, 1.165) is 0 Å². The van der Waals surface area contributed by atoms with Crippen molar-refractivity contribution in [2.45, 2.75) is 52.1 Å². The fraction of sp³-hybridized carbons (Fsp3) is 1.00. The molecular weight excluding hydrogens is 160 g/mol. The maximum atomic E-state index is 3.65. The predicted molar refractivity (Wildman–Crippen MR) is 58.0 cm³/mol. The molecule has 0 aromatic rings. The fourth-order valence-corrected chi connectivity index (χ4v) is 1.93. The van der Waals surface area contributed by atoms with Crippen LogP contribution in [-0.2, 0) is 0 Å². The Morgan fingerprint density at radius 1 is 1.46 bits per heavy atom. The van der Waals surface area contributed by atoms with Gasteiger partial charge in [-0.3, -0.25) is 4.90 Å². The van der Waals surface area contributed by atoms with Gasteiger partial charge in [-0.1, -0.05) is 6.92 Å². The molecule has 0 aromatic heterocycles. The van der Waals surface area contributed by atoms with Gasteiger partial charge in [0.2, 0.25) is 0 Å². The summed E-state index contributed by atoms with van der Waals surface area (Å²) in [7, 11) is 0. The highest BCUT2D eigenvalue weighted by molar-refractivity contribution is 4.88. The second kappa shape index (κ2) is 4.43. The maximum absolute atomic E-state index is 3.65. The van der Waals surface area contributed by atoms with Crippen LogP contribution in [0.4, 0.5) is 0 Å². The Bertz CT molecular complexity index is 156. The smallest absolute Gasteiger partial charge is 0.0277 e. The van der Waals surface area contributed by atoms with Crippen molar-refractivity contribution in [3.8, 4) is 0 Å². The van der Waals surface area contributed by atoms with Crippen molar-refractivity contribution < 1.29 is 0 Å². The number of hydrogen-bond acceptors (Lipinski definition) is 2. The first-order valence-electron chi connectivity index (χ1n) is 5.56. The van der Waals surface area contributed by atoms with Crippen LogP contribution in [0.2, 0.25) is 0 Å². The van der Waals surface area contributed by atoms with Crippen molar-refractivity contribution in [1.29, 1.82) is 0 Å². The highest BCUT2D eigenvalue weighted by Crippen LogP contribution is 2.16. The molecule has 1 atom stereocenters. The number of nitrogens with zero attached hydrogens (tertiary/aromatic N) is 1. The van der Waals surface area contributed by atoms with E-state index in [4.69, 9.17) is 0 Å². The van der Waals surface area contributed by atoms with Crippen molar-refractivity contribution >= 4 is 0 Å². The van der Waals surface area contributed by atoms with Gasteiger partial charge in [0.25, 0.3) is 0 Å². The van der Waals surface area contributed by atoms with Gasteiger partial charge < -0.3 is 5.32 Å². The van der Waals surface area contributed by atoms with Crippen molar-refractivity contribution in [2.75, 3.05) is 19.6 Å². The van der Waals surface area contributed by atoms with Gasteiger partial charge in [0.05, 0.1) is 0 Å². The van der Waals surface area contributed by atoms with Crippen LogP contribution in [0.15, 0.2) is 0 Å². The largest absolute Gasteiger partial charge is 0.310 e. The predicted octanol–water partition coefficient (Wildman–Crippen LogP) is 1.86. The summed E-state index contributed by atoms with van der Waals surface area (Å²) in [5.41, 5.74) is 0.334. The minimum Gasteiger partial charge on any atom is -0.310 e. The van der Waals surface area contributed by atoms with Crippen LogP contribution >= 0.6 is 0 Å². The van der Waals surface area contributed by atoms with E-state index in [2.05, 4.69) is 37.9 Å². The van der Waals surface area contributed by atoms with E-state index in [1.165, 1.54) is 32.5 Å². The zero-order valence-electron chi connectivity index (χ0n) is 9.56. The highest BCUT2D eigenvalue weighted by atomic mass is 15.2. The van der Waals surface area contributed by atoms with E-state index >= 15 is 0 Å². The van der Waals surface area contributed by atoms with Gasteiger partial charge in [0, 0.05) is 18.1 Å². The summed E-state index contributed by atoms with van der Waals surface area (Å²) in [6, 6.07) is 0.686. The van der Waals surface area contributed by atoms with E-state index in [-0.39, 0.29) is 0 Å². The summed E-state index contributed by atoms with van der Waals surface area (Å²) >= 11 is 0. The molecule has 1 rings (SSSR count). The molecule has 0 aliphatic carbocycles. The van der Waals surface area contributed by atoms with Crippen molar-refractivity contribution in [1.82, 2.24) is 10.2 Å². The molecule has 2 nitrogen and oxygen atoms in total. The molecule has 13 heavy (non-hydrogen) atoms. The van der Waals surface area contributed by atoms with Crippen LogP contribution in [0, 0.1) is 0 Å². The molecule has 0 aromatic carbocycles. The van der Waals surface area contributed by atoms with Crippen molar-refractivity contribution in [3.63, 3.8) is 0 Å². The lowest BCUT2D eigenvalue weighted by Crippen LogP contribution is -2.49. The Labute approximate surface area is 82.7 Å². The third kappa shape index (κ3) is 2.96. The minimum atomic E-state index is 0.334. The van der Waals surface area contributed by atoms with Crippen LogP contribution in [0.5, 0.6) is 0 Å². The summed E-state index contributed by atoms with van der Waals surface area (Å²) < 4.78 is 0. The topological polar surface area (TPSA) is 15.3 Å². The van der Waals surface area contributed by atoms with Gasteiger partial charge in [-0.25, -0.2) is 0 Å². The molecule has 78 valence electrons. The van der Waals surface area contributed by atoms with Gasteiger partial charge >= 0.3 is 0 Å². The molecule has 0 amide bonds. The van der Waals surface area contributed by atoms with E-state index < -0.39 is 0 Å². The van der Waals surface area contributed by atoms with Gasteiger partial charge in [0.15, 0.2) is 0 Å². The van der Waals surface area contributed by atoms with Crippen molar-refractivity contribution in [3.05, 3.63) is 0 Å². The molecule has 0 saturated carbocycles. The second-order valence-corrected chi connectivity index (χ2v) is 4.76. The van der Waals surface area contributed by atoms with Crippen LogP contribution < -0.4 is 5.32 Å². The summed E-state index contributed by atoms with van der Waals surface area (Å²) in [4.78, 5) is 2.59. The van der Waals surface area contributed by atoms with Gasteiger partial charge in [0.1, 0.15) is 0 Å². The zero-order valence-corrected chi connectivity index (χ0v) is 9.56. The molecule has 1 fully saturated rings. The van der Waals surface area contributed by atoms with Crippen LogP contribution in [0.1, 0.15) is 40.5 Å². The van der Waals surface area contributed by atoms with E-state index in [0.29, 0.717) is 11.6 Å². The molecular formula is C11H24N2. The van der Waals surface area contributed by atoms with Gasteiger partial charge in [-0.05, 0) is 46.7 Å². The van der Waals surface area contributed by atoms with E-state index in [1.807, 2.05) is 0 Å². The van der Waals surface area contributed by atoms with E-state index in [1.54, 1.807) is 0 Å². The average Bonchev–Trinajstić information content (AvgIpc) is 2.28. The molecule has 1 unspecified atom stereocenters. The van der Waals surface area contributed by atoms with Crippen LogP contribution in [0.25, 0.3) is 0 Å². The Balaban J connectivity index is 2.59. The first-order chi connectivity index (χ1) is 6.07. The molecule has 0 bridgehead atoms. The SMILES string of the molecule is CCC1(C)CN(C(C)C)CCCN1. The Morgan fingerprint density at radius 3 is 2.69 bits per heavy atom. The van der Waals surface area contributed by atoms with E-state index in [9.17, 15) is 0 Å². The maximum Gasteiger partial charge on any atom is 0.0277 e. The summed E-state index contributed by atoms with van der Waals surface area (Å²) in [5, 5.41) is 3.65. The molecule has 1 heterocycles. The Morgan fingerprint density at radius 2 is 2.15 bits per heavy atom. The number of nitrogens with one attached hydrogen (secondary N) is 1. The zero-order chi connectivity index (χ0) is 9.90. The number of rotatable bonds is 2. The van der Waals surface area contributed by atoms with Crippen LogP contribution in [0.3, 0.4) is 0 Å². The van der Waals surface area contributed by atoms with Crippen LogP contribution in [-0.4, -0.2) is 36.1 Å². The lowest BCUT2D eigenvalue weighted by Gasteiger charge is -2.34. The monoisotopic (exact) mass is 184 g/mol. The third-order valence-corrected chi connectivity index (χ3v) is 3.24. The van der Waals surface area contributed by atoms with Gasteiger partial charge in [-0.2, -0.15) is 0 Å². The first-order valence-corrected chi connectivity index (χ1v) is 5.56. The number of hydrogen-bond donors (Lipinski definition) is 1. The normalized spacial score (nSPS) is 32.1. The third-order valence-electron chi connectivity index (χ3n) is 3.24. The average molecular weight is 184 g/mol. The quantitative estimate of drug-likeness (QED) is 0.704.